The van der Waals surface area contributed by atoms with Crippen LogP contribution in [0.2, 0.25) is 0 Å². The van der Waals surface area contributed by atoms with Crippen molar-refractivity contribution in [2.75, 3.05) is 17.7 Å². The molecule has 4 heteroatoms. The maximum Gasteiger partial charge on any atom is 0.0992 e. The quantitative estimate of drug-likeness (QED) is 0.881. The van der Waals surface area contributed by atoms with Crippen LogP contribution in [-0.2, 0) is 6.54 Å². The van der Waals surface area contributed by atoms with Crippen LogP contribution in [0.3, 0.4) is 0 Å². The summed E-state index contributed by atoms with van der Waals surface area (Å²) in [5, 5.41) is 8.83. The predicted molar refractivity (Wildman–Crippen MR) is 81.8 cm³/mol. The van der Waals surface area contributed by atoms with Gasteiger partial charge in [-0.3, -0.25) is 0 Å². The van der Waals surface area contributed by atoms with Gasteiger partial charge in [0.25, 0.3) is 0 Å². The molecular formula is C15H14BrN3. The van der Waals surface area contributed by atoms with E-state index in [9.17, 15) is 0 Å². The van der Waals surface area contributed by atoms with Gasteiger partial charge in [-0.15, -0.1) is 0 Å². The first-order valence-electron chi connectivity index (χ1n) is 5.85. The van der Waals surface area contributed by atoms with E-state index < -0.39 is 0 Å². The molecule has 0 fully saturated rings. The highest BCUT2D eigenvalue weighted by atomic mass is 79.9. The lowest BCUT2D eigenvalue weighted by Crippen LogP contribution is -2.17. The van der Waals surface area contributed by atoms with Crippen LogP contribution in [0.1, 0.15) is 11.1 Å². The lowest BCUT2D eigenvalue weighted by molar-refractivity contribution is 0.924. The summed E-state index contributed by atoms with van der Waals surface area (Å²) in [5.41, 5.74) is 9.31. The number of halogens is 1. The summed E-state index contributed by atoms with van der Waals surface area (Å²) in [4.78, 5) is 2.07. The van der Waals surface area contributed by atoms with E-state index in [-0.39, 0.29) is 0 Å². The first-order chi connectivity index (χ1) is 9.10. The molecule has 2 N–H and O–H groups in total. The van der Waals surface area contributed by atoms with Gasteiger partial charge in [-0.1, -0.05) is 28.1 Å². The number of hydrogen-bond acceptors (Lipinski definition) is 3. The fraction of sp³-hybridized carbons (Fsp3) is 0.133. The first kappa shape index (κ1) is 13.4. The predicted octanol–water partition coefficient (Wildman–Crippen LogP) is 3.54. The number of rotatable bonds is 3. The second-order valence-corrected chi connectivity index (χ2v) is 5.29. The molecule has 2 aromatic carbocycles. The van der Waals surface area contributed by atoms with Crippen LogP contribution in [0.4, 0.5) is 11.4 Å². The molecule has 19 heavy (non-hydrogen) atoms. The lowest BCUT2D eigenvalue weighted by Gasteiger charge is -2.21. The Bertz CT molecular complexity index is 632. The third-order valence-corrected chi connectivity index (χ3v) is 3.37. The van der Waals surface area contributed by atoms with Gasteiger partial charge in [0.2, 0.25) is 0 Å². The van der Waals surface area contributed by atoms with Crippen molar-refractivity contribution < 1.29 is 0 Å². The smallest absolute Gasteiger partial charge is 0.0992 e. The van der Waals surface area contributed by atoms with E-state index in [2.05, 4.69) is 39.0 Å². The van der Waals surface area contributed by atoms with E-state index in [0.29, 0.717) is 11.3 Å². The van der Waals surface area contributed by atoms with E-state index >= 15 is 0 Å². The first-order valence-corrected chi connectivity index (χ1v) is 6.64. The molecule has 0 spiro atoms. The van der Waals surface area contributed by atoms with Crippen LogP contribution in [0.25, 0.3) is 0 Å². The van der Waals surface area contributed by atoms with E-state index in [1.165, 1.54) is 5.56 Å². The second-order valence-electron chi connectivity index (χ2n) is 4.37. The molecule has 0 aliphatic rings. The summed E-state index contributed by atoms with van der Waals surface area (Å²) < 4.78 is 1.06. The second kappa shape index (κ2) is 5.77. The molecule has 0 aliphatic carbocycles. The minimum Gasteiger partial charge on any atom is -0.397 e. The molecule has 0 radical (unpaired) electrons. The van der Waals surface area contributed by atoms with Crippen molar-refractivity contribution in [1.29, 1.82) is 5.26 Å². The van der Waals surface area contributed by atoms with Gasteiger partial charge in [0.05, 0.1) is 23.0 Å². The molecule has 0 amide bonds. The highest BCUT2D eigenvalue weighted by Crippen LogP contribution is 2.25. The fourth-order valence-electron chi connectivity index (χ4n) is 1.97. The molecule has 0 heterocycles. The van der Waals surface area contributed by atoms with Gasteiger partial charge in [-0.25, -0.2) is 0 Å². The van der Waals surface area contributed by atoms with Crippen LogP contribution in [0.15, 0.2) is 46.9 Å². The van der Waals surface area contributed by atoms with Crippen LogP contribution in [0, 0.1) is 11.3 Å². The lowest BCUT2D eigenvalue weighted by atomic mass is 10.1. The Balaban J connectivity index is 2.21. The molecule has 0 saturated carbocycles. The van der Waals surface area contributed by atoms with Gasteiger partial charge >= 0.3 is 0 Å². The summed E-state index contributed by atoms with van der Waals surface area (Å²) >= 11 is 3.46. The number of anilines is 2. The van der Waals surface area contributed by atoms with Crippen molar-refractivity contribution in [2.24, 2.45) is 0 Å². The van der Waals surface area contributed by atoms with E-state index in [1.54, 1.807) is 12.1 Å². The number of hydrogen-bond donors (Lipinski definition) is 1. The SMILES string of the molecule is CN(Cc1cccc(Br)c1)c1ccc(C#N)cc1N. The van der Waals surface area contributed by atoms with Crippen LogP contribution in [0.5, 0.6) is 0 Å². The van der Waals surface area contributed by atoms with Gasteiger partial charge < -0.3 is 10.6 Å². The van der Waals surface area contributed by atoms with Crippen LogP contribution < -0.4 is 10.6 Å². The van der Waals surface area contributed by atoms with Gasteiger partial charge in [0.15, 0.2) is 0 Å². The van der Waals surface area contributed by atoms with Gasteiger partial charge in [-0.05, 0) is 35.9 Å². The summed E-state index contributed by atoms with van der Waals surface area (Å²) in [6.45, 7) is 0.759. The number of nitriles is 1. The minimum atomic E-state index is 0.581. The van der Waals surface area contributed by atoms with Gasteiger partial charge in [-0.2, -0.15) is 5.26 Å². The Morgan fingerprint density at radius 1 is 1.26 bits per heavy atom. The monoisotopic (exact) mass is 315 g/mol. The summed E-state index contributed by atoms with van der Waals surface area (Å²) in [6.07, 6.45) is 0. The Hall–Kier alpha value is -1.99. The number of nitrogens with zero attached hydrogens (tertiary/aromatic N) is 2. The Morgan fingerprint density at radius 2 is 2.05 bits per heavy atom. The maximum atomic E-state index is 8.83. The fourth-order valence-corrected chi connectivity index (χ4v) is 2.41. The largest absolute Gasteiger partial charge is 0.397 e. The van der Waals surface area contributed by atoms with Crippen molar-refractivity contribution in [2.45, 2.75) is 6.54 Å². The molecule has 0 atom stereocenters. The van der Waals surface area contributed by atoms with Crippen molar-refractivity contribution in [3.8, 4) is 6.07 Å². The Morgan fingerprint density at radius 3 is 2.68 bits per heavy atom. The highest BCUT2D eigenvalue weighted by molar-refractivity contribution is 9.10. The zero-order valence-corrected chi connectivity index (χ0v) is 12.2. The zero-order valence-electron chi connectivity index (χ0n) is 10.6. The van der Waals surface area contributed by atoms with Crippen LogP contribution in [-0.4, -0.2) is 7.05 Å². The van der Waals surface area contributed by atoms with E-state index in [0.717, 1.165) is 16.7 Å². The van der Waals surface area contributed by atoms with Gasteiger partial charge in [0, 0.05) is 18.1 Å². The highest BCUT2D eigenvalue weighted by Gasteiger charge is 2.07. The summed E-state index contributed by atoms with van der Waals surface area (Å²) in [6, 6.07) is 15.6. The molecule has 0 bridgehead atoms. The molecule has 0 saturated heterocycles. The van der Waals surface area contributed by atoms with Crippen molar-refractivity contribution >= 4 is 27.3 Å². The average molecular weight is 316 g/mol. The maximum absolute atomic E-state index is 8.83. The van der Waals surface area contributed by atoms with Crippen molar-refractivity contribution in [3.63, 3.8) is 0 Å². The van der Waals surface area contributed by atoms with Gasteiger partial charge in [0.1, 0.15) is 0 Å². The third kappa shape index (κ3) is 3.27. The average Bonchev–Trinajstić information content (AvgIpc) is 2.38. The molecule has 0 aromatic heterocycles. The Labute approximate surface area is 121 Å². The molecule has 2 aromatic rings. The summed E-state index contributed by atoms with van der Waals surface area (Å²) in [7, 11) is 1.98. The number of nitrogens with two attached hydrogens (primary N) is 1. The number of benzene rings is 2. The van der Waals surface area contributed by atoms with E-state index in [1.807, 2.05) is 25.2 Å². The Kier molecular flexibility index (Phi) is 4.08. The topological polar surface area (TPSA) is 53.0 Å². The molecule has 96 valence electrons. The van der Waals surface area contributed by atoms with Crippen LogP contribution >= 0.6 is 15.9 Å². The molecular weight excluding hydrogens is 302 g/mol. The normalized spacial score (nSPS) is 9.95. The van der Waals surface area contributed by atoms with E-state index in [4.69, 9.17) is 11.0 Å². The third-order valence-electron chi connectivity index (χ3n) is 2.88. The molecule has 3 nitrogen and oxygen atoms in total. The zero-order chi connectivity index (χ0) is 13.8. The molecule has 0 aliphatic heterocycles. The molecule has 2 rings (SSSR count). The van der Waals surface area contributed by atoms with Crippen molar-refractivity contribution in [1.82, 2.24) is 0 Å². The standard InChI is InChI=1S/C15H14BrN3/c1-19(10-12-3-2-4-13(16)7-12)15-6-5-11(9-17)8-14(15)18/h2-8H,10,18H2,1H3. The summed E-state index contributed by atoms with van der Waals surface area (Å²) in [5.74, 6) is 0. The minimum absolute atomic E-state index is 0.581. The molecule has 0 unspecified atom stereocenters. The number of nitrogen functional groups attached to an aromatic ring is 1. The van der Waals surface area contributed by atoms with Crippen molar-refractivity contribution in [3.05, 3.63) is 58.1 Å².